The molecule has 2 aliphatic heterocycles. The van der Waals surface area contributed by atoms with Gasteiger partial charge in [0.25, 0.3) is 5.91 Å². The maximum Gasteiger partial charge on any atom is 0.447 e. The van der Waals surface area contributed by atoms with Crippen LogP contribution in [0.5, 0.6) is 0 Å². The number of nitrogens with zero attached hydrogens (tertiary/aromatic N) is 5. The third-order valence-corrected chi connectivity index (χ3v) is 8.10. The molecule has 0 saturated carbocycles. The van der Waals surface area contributed by atoms with E-state index in [0.717, 1.165) is 0 Å². The summed E-state index contributed by atoms with van der Waals surface area (Å²) in [6.07, 6.45) is 0.840. The highest BCUT2D eigenvalue weighted by atomic mass is 32.2. The molecule has 5 rings (SSSR count). The summed E-state index contributed by atoms with van der Waals surface area (Å²) in [6, 6.07) is 2.94. The molecular formula is C28H31F6N7O3S. The number of ether oxygens (including phenoxy) is 2. The zero-order chi connectivity index (χ0) is 32.0. The van der Waals surface area contributed by atoms with Crippen LogP contribution in [-0.2, 0) is 16.0 Å². The predicted molar refractivity (Wildman–Crippen MR) is 153 cm³/mol. The van der Waals surface area contributed by atoms with Gasteiger partial charge in [-0.2, -0.15) is 31.4 Å². The van der Waals surface area contributed by atoms with Crippen molar-refractivity contribution >= 4 is 29.0 Å². The molecule has 1 saturated heterocycles. The van der Waals surface area contributed by atoms with Gasteiger partial charge >= 0.3 is 11.7 Å². The van der Waals surface area contributed by atoms with Crippen molar-refractivity contribution in [1.82, 2.24) is 29.4 Å². The van der Waals surface area contributed by atoms with Crippen molar-refractivity contribution < 1.29 is 40.6 Å². The number of hydrogen-bond donors (Lipinski definition) is 2. The first kappa shape index (κ1) is 32.9. The summed E-state index contributed by atoms with van der Waals surface area (Å²) in [5, 5.41) is 9.83. The second kappa shape index (κ2) is 14.3. The Morgan fingerprint density at radius 2 is 1.87 bits per heavy atom. The average Bonchev–Trinajstić information content (AvgIpc) is 3.57. The van der Waals surface area contributed by atoms with Crippen LogP contribution in [0.25, 0.3) is 5.65 Å². The Hall–Kier alpha value is -3.46. The number of imidazole rings is 1. The number of alkyl halides is 6. The molecule has 5 heterocycles. The molecule has 3 aromatic rings. The van der Waals surface area contributed by atoms with E-state index in [-0.39, 0.29) is 78.5 Å². The lowest BCUT2D eigenvalue weighted by Crippen LogP contribution is -2.49. The van der Waals surface area contributed by atoms with Crippen LogP contribution < -0.4 is 10.6 Å². The van der Waals surface area contributed by atoms with Gasteiger partial charge in [0.1, 0.15) is 10.7 Å². The van der Waals surface area contributed by atoms with Gasteiger partial charge in [-0.15, -0.1) is 0 Å². The standard InChI is InChI=1S/C28H31F6N7O3S/c29-27(30,31)18-39-9-5-21-19(16-39)6-11-43-13-14-44-12-10-40-17-20(15-36-40)25(42)35-7-1-3-23-26(45-28(32,33)34)41-8-2-4-22(37-21)24(41)38-23/h2,4,8,15,17,19,21,37H,5-7,9-14,16,18H2,(H,35,42)/t19-,21-/m1/s1. The largest absolute Gasteiger partial charge is 0.447 e. The minimum Gasteiger partial charge on any atom is -0.379 e. The fourth-order valence-electron chi connectivity index (χ4n) is 5.31. The van der Waals surface area contributed by atoms with Crippen LogP contribution in [-0.4, -0.2) is 100 Å². The number of amides is 1. The number of nitrogens with one attached hydrogen (secondary N) is 2. The first-order valence-corrected chi connectivity index (χ1v) is 15.0. The number of thioether (sulfide) groups is 1. The molecule has 0 aliphatic carbocycles. The molecule has 1 fully saturated rings. The van der Waals surface area contributed by atoms with Gasteiger partial charge in [-0.05, 0) is 36.8 Å². The van der Waals surface area contributed by atoms with Crippen molar-refractivity contribution in [3.8, 4) is 11.8 Å². The number of aromatic nitrogens is 4. The lowest BCUT2D eigenvalue weighted by atomic mass is 9.89. The second-order valence-electron chi connectivity index (χ2n) is 10.6. The van der Waals surface area contributed by atoms with E-state index in [1.807, 2.05) is 0 Å². The molecule has 0 radical (unpaired) electrons. The summed E-state index contributed by atoms with van der Waals surface area (Å²) in [4.78, 5) is 18.3. The highest BCUT2D eigenvalue weighted by molar-refractivity contribution is 8.00. The molecule has 0 unspecified atom stereocenters. The number of piperidine rings is 1. The number of rotatable bonds is 2. The maximum absolute atomic E-state index is 13.6. The minimum absolute atomic E-state index is 0.128. The van der Waals surface area contributed by atoms with Crippen molar-refractivity contribution in [2.24, 2.45) is 5.92 Å². The molecular weight excluding hydrogens is 628 g/mol. The van der Waals surface area contributed by atoms with E-state index in [0.29, 0.717) is 38.3 Å². The Morgan fingerprint density at radius 3 is 2.64 bits per heavy atom. The van der Waals surface area contributed by atoms with Gasteiger partial charge in [-0.1, -0.05) is 5.92 Å². The van der Waals surface area contributed by atoms with Gasteiger partial charge in [0.05, 0.1) is 56.9 Å². The summed E-state index contributed by atoms with van der Waals surface area (Å²) in [5.41, 5.74) is -3.86. The topological polar surface area (TPSA) is 98.0 Å². The van der Waals surface area contributed by atoms with Crippen molar-refractivity contribution in [3.05, 3.63) is 42.0 Å². The van der Waals surface area contributed by atoms with Gasteiger partial charge in [0, 0.05) is 49.9 Å². The lowest BCUT2D eigenvalue weighted by Gasteiger charge is -2.39. The Labute approximate surface area is 258 Å². The second-order valence-corrected chi connectivity index (χ2v) is 11.6. The fraction of sp³-hybridized carbons (Fsp3) is 0.536. The van der Waals surface area contributed by atoms with Crippen LogP contribution in [0, 0.1) is 17.8 Å². The number of pyridine rings is 1. The number of carbonyl (C=O) groups is 1. The first-order valence-electron chi connectivity index (χ1n) is 14.2. The van der Waals surface area contributed by atoms with E-state index >= 15 is 0 Å². The van der Waals surface area contributed by atoms with E-state index in [4.69, 9.17) is 9.47 Å². The smallest absolute Gasteiger partial charge is 0.379 e. The quantitative estimate of drug-likeness (QED) is 0.242. The molecule has 45 heavy (non-hydrogen) atoms. The molecule has 3 aromatic heterocycles. The molecule has 4 bridgehead atoms. The number of likely N-dealkylation sites (tertiary alicyclic amines) is 1. The third-order valence-electron chi connectivity index (χ3n) is 7.29. The average molecular weight is 660 g/mol. The Morgan fingerprint density at radius 1 is 1.07 bits per heavy atom. The Kier molecular flexibility index (Phi) is 10.5. The van der Waals surface area contributed by atoms with E-state index in [1.54, 1.807) is 12.1 Å². The van der Waals surface area contributed by atoms with Gasteiger partial charge < -0.3 is 20.1 Å². The monoisotopic (exact) mass is 659 g/mol. The SMILES string of the molecule is O=C1NCC#Cc2nc3c(cccn3c2SC(F)(F)F)N[C@@H]2CCN(CC(F)(F)F)C[C@H]2CCOCCOCCn2cc1cn2. The summed E-state index contributed by atoms with van der Waals surface area (Å²) >= 11 is -0.356. The van der Waals surface area contributed by atoms with Crippen molar-refractivity contribution in [3.63, 3.8) is 0 Å². The number of fused-ring (bicyclic) bond motifs is 4. The van der Waals surface area contributed by atoms with Gasteiger partial charge in [0.15, 0.2) is 5.65 Å². The zero-order valence-electron chi connectivity index (χ0n) is 24.0. The summed E-state index contributed by atoms with van der Waals surface area (Å²) in [5.74, 6) is 4.63. The fourth-order valence-corrected chi connectivity index (χ4v) is 5.96. The van der Waals surface area contributed by atoms with Crippen LogP contribution >= 0.6 is 11.8 Å². The van der Waals surface area contributed by atoms with E-state index in [2.05, 4.69) is 32.6 Å². The van der Waals surface area contributed by atoms with Gasteiger partial charge in [-0.25, -0.2) is 4.98 Å². The van der Waals surface area contributed by atoms with Crippen LogP contribution in [0.1, 0.15) is 28.9 Å². The Balaban J connectivity index is 1.44. The highest BCUT2D eigenvalue weighted by Crippen LogP contribution is 2.40. The minimum atomic E-state index is -4.63. The number of hydrogen-bond acceptors (Lipinski definition) is 8. The zero-order valence-corrected chi connectivity index (χ0v) is 24.8. The van der Waals surface area contributed by atoms with Crippen molar-refractivity contribution in [2.75, 3.05) is 57.9 Å². The van der Waals surface area contributed by atoms with Gasteiger partial charge in [0.2, 0.25) is 0 Å². The maximum atomic E-state index is 13.6. The number of carbonyl (C=O) groups excluding carboxylic acids is 1. The first-order chi connectivity index (χ1) is 21.4. The molecule has 244 valence electrons. The van der Waals surface area contributed by atoms with Crippen molar-refractivity contribution in [2.45, 2.75) is 42.1 Å². The van der Waals surface area contributed by atoms with E-state index in [1.165, 1.54) is 32.6 Å². The summed E-state index contributed by atoms with van der Waals surface area (Å²) in [7, 11) is 0. The molecule has 0 aromatic carbocycles. The molecule has 17 heteroatoms. The van der Waals surface area contributed by atoms with Crippen molar-refractivity contribution in [1.29, 1.82) is 0 Å². The predicted octanol–water partition coefficient (Wildman–Crippen LogP) is 4.03. The summed E-state index contributed by atoms with van der Waals surface area (Å²) < 4.78 is 94.5. The molecule has 10 nitrogen and oxygen atoms in total. The van der Waals surface area contributed by atoms with Crippen LogP contribution in [0.3, 0.4) is 0 Å². The van der Waals surface area contributed by atoms with Crippen LogP contribution in [0.15, 0.2) is 35.7 Å². The van der Waals surface area contributed by atoms with Crippen LogP contribution in [0.4, 0.5) is 32.0 Å². The summed E-state index contributed by atoms with van der Waals surface area (Å²) in [6.45, 7) is 0.722. The highest BCUT2D eigenvalue weighted by Gasteiger charge is 2.37. The van der Waals surface area contributed by atoms with Gasteiger partial charge in [-0.3, -0.25) is 18.8 Å². The number of anilines is 1. The molecule has 2 N–H and O–H groups in total. The molecule has 2 aliphatic rings. The normalized spacial score (nSPS) is 21.4. The Bertz CT molecular complexity index is 1530. The molecule has 1 amide bonds. The van der Waals surface area contributed by atoms with Crippen LogP contribution in [0.2, 0.25) is 0 Å². The van der Waals surface area contributed by atoms with E-state index in [9.17, 15) is 31.1 Å². The van der Waals surface area contributed by atoms with E-state index < -0.39 is 24.1 Å². The third kappa shape index (κ3) is 9.28. The lowest BCUT2D eigenvalue weighted by molar-refractivity contribution is -0.150. The molecule has 2 atom stereocenters. The number of halogens is 6. The molecule has 0 spiro atoms.